The molecule has 0 saturated heterocycles. The minimum absolute atomic E-state index is 0.801. The number of rotatable bonds is 4. The normalized spacial score (nSPS) is 11.6. The minimum Gasteiger partial charge on any atom is -0.454 e. The number of hydrogen-bond acceptors (Lipinski definition) is 3. The number of hydrogen-bond donors (Lipinski definition) is 0. The van der Waals surface area contributed by atoms with Gasteiger partial charge in [0.05, 0.1) is 5.52 Å². The zero-order valence-corrected chi connectivity index (χ0v) is 23.8. The van der Waals surface area contributed by atoms with E-state index < -0.39 is 0 Å². The predicted molar refractivity (Wildman–Crippen MR) is 184 cm³/mol. The average Bonchev–Trinajstić information content (AvgIpc) is 3.44. The molecule has 0 bridgehead atoms. The zero-order chi connectivity index (χ0) is 29.0. The van der Waals surface area contributed by atoms with Crippen molar-refractivity contribution in [2.24, 2.45) is 0 Å². The van der Waals surface area contributed by atoms with Crippen LogP contribution in [0.1, 0.15) is 0 Å². The summed E-state index contributed by atoms with van der Waals surface area (Å²) < 4.78 is 6.38. The number of pyridine rings is 1. The molecule has 0 aliphatic rings. The zero-order valence-electron chi connectivity index (χ0n) is 23.8. The summed E-state index contributed by atoms with van der Waals surface area (Å²) in [6.45, 7) is 0. The Morgan fingerprint density at radius 3 is 1.93 bits per heavy atom. The van der Waals surface area contributed by atoms with E-state index >= 15 is 0 Å². The van der Waals surface area contributed by atoms with Crippen molar-refractivity contribution in [2.45, 2.75) is 0 Å². The van der Waals surface area contributed by atoms with E-state index in [9.17, 15) is 0 Å². The molecule has 9 aromatic rings. The highest BCUT2D eigenvalue weighted by molar-refractivity contribution is 6.09. The first-order valence-electron chi connectivity index (χ1n) is 14.9. The summed E-state index contributed by atoms with van der Waals surface area (Å²) in [7, 11) is 0. The lowest BCUT2D eigenvalue weighted by Crippen LogP contribution is -2.09. The van der Waals surface area contributed by atoms with Gasteiger partial charge in [0, 0.05) is 33.9 Å². The fourth-order valence-corrected chi connectivity index (χ4v) is 6.42. The van der Waals surface area contributed by atoms with Gasteiger partial charge in [0.2, 0.25) is 0 Å². The van der Waals surface area contributed by atoms with E-state index in [0.717, 1.165) is 50.0 Å². The van der Waals surface area contributed by atoms with Crippen molar-refractivity contribution >= 4 is 71.6 Å². The van der Waals surface area contributed by atoms with Gasteiger partial charge >= 0.3 is 0 Å². The van der Waals surface area contributed by atoms with Gasteiger partial charge in [-0.1, -0.05) is 97.1 Å². The van der Waals surface area contributed by atoms with Gasteiger partial charge < -0.3 is 9.32 Å². The molecule has 9 rings (SSSR count). The number of para-hydroxylation sites is 2. The van der Waals surface area contributed by atoms with Crippen LogP contribution in [0.3, 0.4) is 0 Å². The highest BCUT2D eigenvalue weighted by atomic mass is 16.3. The number of nitrogens with zero attached hydrogens (tertiary/aromatic N) is 2. The molecule has 3 heteroatoms. The van der Waals surface area contributed by atoms with Crippen LogP contribution in [-0.2, 0) is 0 Å². The molecule has 0 radical (unpaired) electrons. The summed E-state index contributed by atoms with van der Waals surface area (Å²) >= 11 is 0. The van der Waals surface area contributed by atoms with Gasteiger partial charge in [-0.3, -0.25) is 0 Å². The summed E-state index contributed by atoms with van der Waals surface area (Å²) in [5.74, 6) is 0. The molecule has 206 valence electrons. The lowest BCUT2D eigenvalue weighted by molar-refractivity contribution is 0.669. The highest BCUT2D eigenvalue weighted by Gasteiger charge is 2.16. The van der Waals surface area contributed by atoms with Crippen molar-refractivity contribution in [3.05, 3.63) is 158 Å². The second-order valence-electron chi connectivity index (χ2n) is 11.3. The Hall–Kier alpha value is -5.93. The van der Waals surface area contributed by atoms with Gasteiger partial charge in [-0.15, -0.1) is 0 Å². The van der Waals surface area contributed by atoms with Crippen LogP contribution in [0.2, 0.25) is 0 Å². The maximum atomic E-state index is 6.38. The lowest BCUT2D eigenvalue weighted by atomic mass is 9.97. The molecule has 2 heterocycles. The number of anilines is 3. The first kappa shape index (κ1) is 24.6. The van der Waals surface area contributed by atoms with Crippen molar-refractivity contribution in [3.63, 3.8) is 0 Å². The van der Waals surface area contributed by atoms with E-state index in [0.29, 0.717) is 0 Å². The highest BCUT2D eigenvalue weighted by Crippen LogP contribution is 2.39. The van der Waals surface area contributed by atoms with Crippen molar-refractivity contribution in [2.75, 3.05) is 4.90 Å². The molecule has 0 aliphatic heterocycles. The molecule has 0 saturated carbocycles. The third-order valence-corrected chi connectivity index (χ3v) is 8.61. The molecule has 0 N–H and O–H groups in total. The quantitative estimate of drug-likeness (QED) is 0.200. The Balaban J connectivity index is 1.14. The standard InChI is InChI=1S/C41H26N2O/c1-2-10-32(11-3-1)43(34-22-23-36-39(26-34)44-40-25-31-9-5-7-13-38(31)42-41(36)40)33-20-18-27(19-21-33)30-17-16-29-15-14-28-8-4-6-12-35(28)37(29)24-30/h1-26H. The third kappa shape index (κ3) is 4.02. The summed E-state index contributed by atoms with van der Waals surface area (Å²) in [5.41, 5.74) is 9.05. The predicted octanol–water partition coefficient (Wildman–Crippen LogP) is 11.6. The summed E-state index contributed by atoms with van der Waals surface area (Å²) in [5, 5.41) is 7.16. The Bertz CT molecular complexity index is 2490. The molecule has 0 amide bonds. The van der Waals surface area contributed by atoms with E-state index in [-0.39, 0.29) is 0 Å². The first-order valence-corrected chi connectivity index (χ1v) is 14.9. The van der Waals surface area contributed by atoms with E-state index in [1.807, 2.05) is 24.3 Å². The monoisotopic (exact) mass is 562 g/mol. The molecule has 44 heavy (non-hydrogen) atoms. The minimum atomic E-state index is 0.801. The van der Waals surface area contributed by atoms with Gasteiger partial charge in [0.1, 0.15) is 11.1 Å². The smallest absolute Gasteiger partial charge is 0.154 e. The summed E-state index contributed by atoms with van der Waals surface area (Å²) in [6.07, 6.45) is 0. The molecule has 0 unspecified atom stereocenters. The van der Waals surface area contributed by atoms with Crippen LogP contribution in [-0.4, -0.2) is 4.98 Å². The Kier molecular flexibility index (Phi) is 5.50. The van der Waals surface area contributed by atoms with Crippen LogP contribution in [0.25, 0.3) is 65.6 Å². The summed E-state index contributed by atoms with van der Waals surface area (Å²) in [6, 6.07) is 55.7. The van der Waals surface area contributed by atoms with Crippen molar-refractivity contribution < 1.29 is 4.42 Å². The van der Waals surface area contributed by atoms with Crippen LogP contribution in [0.5, 0.6) is 0 Å². The molecule has 0 fully saturated rings. The number of benzene rings is 7. The topological polar surface area (TPSA) is 29.3 Å². The average molecular weight is 563 g/mol. The van der Waals surface area contributed by atoms with Crippen LogP contribution in [0, 0.1) is 0 Å². The van der Waals surface area contributed by atoms with Crippen molar-refractivity contribution in [3.8, 4) is 11.1 Å². The maximum absolute atomic E-state index is 6.38. The number of furan rings is 1. The molecule has 0 aliphatic carbocycles. The number of fused-ring (bicyclic) bond motifs is 7. The van der Waals surface area contributed by atoms with E-state index in [2.05, 4.69) is 138 Å². The molecular formula is C41H26N2O. The largest absolute Gasteiger partial charge is 0.454 e. The van der Waals surface area contributed by atoms with Crippen LogP contribution in [0.4, 0.5) is 17.1 Å². The van der Waals surface area contributed by atoms with Gasteiger partial charge in [-0.2, -0.15) is 0 Å². The van der Waals surface area contributed by atoms with Crippen molar-refractivity contribution in [1.29, 1.82) is 0 Å². The second-order valence-corrected chi connectivity index (χ2v) is 11.3. The van der Waals surface area contributed by atoms with E-state index in [1.165, 1.54) is 32.7 Å². The molecule has 2 aromatic heterocycles. The van der Waals surface area contributed by atoms with E-state index in [4.69, 9.17) is 9.40 Å². The van der Waals surface area contributed by atoms with Gasteiger partial charge in [-0.25, -0.2) is 4.98 Å². The van der Waals surface area contributed by atoms with Crippen LogP contribution >= 0.6 is 0 Å². The lowest BCUT2D eigenvalue weighted by Gasteiger charge is -2.25. The van der Waals surface area contributed by atoms with Gasteiger partial charge in [0.15, 0.2) is 5.58 Å². The molecule has 0 spiro atoms. The van der Waals surface area contributed by atoms with Crippen LogP contribution < -0.4 is 4.90 Å². The van der Waals surface area contributed by atoms with Gasteiger partial charge in [-0.05, 0) is 87.3 Å². The summed E-state index contributed by atoms with van der Waals surface area (Å²) in [4.78, 5) is 7.20. The number of aromatic nitrogens is 1. The SMILES string of the molecule is c1ccc(N(c2ccc(-c3ccc4ccc5ccccc5c4c3)cc2)c2ccc3c(c2)oc2cc4ccccc4nc23)cc1. The first-order chi connectivity index (χ1) is 21.8. The van der Waals surface area contributed by atoms with Crippen molar-refractivity contribution in [1.82, 2.24) is 4.98 Å². The maximum Gasteiger partial charge on any atom is 0.154 e. The fraction of sp³-hybridized carbons (Fsp3) is 0. The third-order valence-electron chi connectivity index (χ3n) is 8.61. The Labute approximate surface area is 254 Å². The molecular weight excluding hydrogens is 536 g/mol. The van der Waals surface area contributed by atoms with Crippen LogP contribution in [0.15, 0.2) is 162 Å². The molecule has 3 nitrogen and oxygen atoms in total. The second kappa shape index (κ2) is 9.82. The molecule has 0 atom stereocenters. The van der Waals surface area contributed by atoms with E-state index in [1.54, 1.807) is 0 Å². The fourth-order valence-electron chi connectivity index (χ4n) is 6.42. The van der Waals surface area contributed by atoms with Gasteiger partial charge in [0.25, 0.3) is 0 Å². The Morgan fingerprint density at radius 2 is 1.07 bits per heavy atom. The Morgan fingerprint density at radius 1 is 0.409 bits per heavy atom. The molecule has 7 aromatic carbocycles.